The minimum atomic E-state index is -0.261. The van der Waals surface area contributed by atoms with Gasteiger partial charge in [0.05, 0.1) is 12.2 Å². The Kier molecular flexibility index (Phi) is 9.63. The van der Waals surface area contributed by atoms with Gasteiger partial charge in [-0.3, -0.25) is 0 Å². The van der Waals surface area contributed by atoms with E-state index in [0.29, 0.717) is 12.2 Å². The highest BCUT2D eigenvalue weighted by atomic mass is 16.5. The quantitative estimate of drug-likeness (QED) is 0.325. The van der Waals surface area contributed by atoms with Crippen molar-refractivity contribution in [3.05, 3.63) is 17.7 Å². The van der Waals surface area contributed by atoms with Crippen molar-refractivity contribution in [2.24, 2.45) is 0 Å². The lowest BCUT2D eigenvalue weighted by atomic mass is 10.0. The average Bonchev–Trinajstić information content (AvgIpc) is 2.40. The molecular weight excluding hydrogens is 224 g/mol. The Hall–Kier alpha value is -0.850. The predicted molar refractivity (Wildman–Crippen MR) is 77.4 cm³/mol. The highest BCUT2D eigenvalue weighted by Gasteiger charge is 2.18. The maximum absolute atomic E-state index is 10.4. The molecule has 0 aromatic carbocycles. The molecule has 2 heteroatoms. The Bertz CT molecular complexity index is 287. The number of hydrogen-bond donors (Lipinski definition) is 0. The molecule has 0 fully saturated rings. The fourth-order valence-corrected chi connectivity index (χ4v) is 1.59. The van der Waals surface area contributed by atoms with Gasteiger partial charge in [-0.05, 0) is 33.1 Å². The lowest BCUT2D eigenvalue weighted by molar-refractivity contribution is 0.0172. The van der Waals surface area contributed by atoms with Gasteiger partial charge < -0.3 is 4.74 Å². The molecule has 1 unspecified atom stereocenters. The van der Waals surface area contributed by atoms with Gasteiger partial charge in [-0.1, -0.05) is 45.3 Å². The second kappa shape index (κ2) is 10.1. The maximum atomic E-state index is 10.4. The van der Waals surface area contributed by atoms with Crippen molar-refractivity contribution in [1.29, 1.82) is 0 Å². The van der Waals surface area contributed by atoms with E-state index >= 15 is 0 Å². The maximum Gasteiger partial charge on any atom is 0.125 e. The fourth-order valence-electron chi connectivity index (χ4n) is 1.59. The Labute approximate surface area is 112 Å². The summed E-state index contributed by atoms with van der Waals surface area (Å²) in [7, 11) is 0. The topological polar surface area (TPSA) is 26.3 Å². The molecule has 0 aliphatic heterocycles. The summed E-state index contributed by atoms with van der Waals surface area (Å²) >= 11 is 0. The molecule has 0 saturated carbocycles. The number of carbonyl (C=O) groups excluding carboxylic acids is 1. The van der Waals surface area contributed by atoms with Gasteiger partial charge in [0, 0.05) is 5.57 Å². The van der Waals surface area contributed by atoms with Crippen LogP contribution in [0.25, 0.3) is 0 Å². The van der Waals surface area contributed by atoms with Crippen molar-refractivity contribution in [3.8, 4) is 0 Å². The Morgan fingerprint density at radius 2 is 2.00 bits per heavy atom. The second-order valence-electron chi connectivity index (χ2n) is 5.09. The SMILES string of the molecule is CCCCCCC=CC(C)(CC)OCC(C)=C=O. The van der Waals surface area contributed by atoms with E-state index in [1.54, 1.807) is 6.92 Å². The van der Waals surface area contributed by atoms with Crippen molar-refractivity contribution >= 4 is 5.94 Å². The van der Waals surface area contributed by atoms with Gasteiger partial charge in [0.2, 0.25) is 0 Å². The lowest BCUT2D eigenvalue weighted by Crippen LogP contribution is -2.25. The molecule has 0 bridgehead atoms. The standard InChI is InChI=1S/C16H28O2/c1-5-7-8-9-10-11-12-16(4,6-2)18-14-15(3)13-17/h11-12H,5-10,14H2,1-4H3. The van der Waals surface area contributed by atoms with Gasteiger partial charge in [0.25, 0.3) is 0 Å². The van der Waals surface area contributed by atoms with E-state index in [-0.39, 0.29) is 5.60 Å². The molecule has 0 saturated heterocycles. The Balaban J connectivity index is 4.05. The molecule has 18 heavy (non-hydrogen) atoms. The number of ether oxygens (including phenoxy) is 1. The molecule has 104 valence electrons. The zero-order valence-corrected chi connectivity index (χ0v) is 12.4. The summed E-state index contributed by atoms with van der Waals surface area (Å²) in [6.07, 6.45) is 11.5. The lowest BCUT2D eigenvalue weighted by Gasteiger charge is -2.24. The summed E-state index contributed by atoms with van der Waals surface area (Å²) in [5, 5.41) is 0. The first kappa shape index (κ1) is 17.2. The molecule has 0 radical (unpaired) electrons. The fraction of sp³-hybridized carbons (Fsp3) is 0.750. The minimum Gasteiger partial charge on any atom is -0.366 e. The Morgan fingerprint density at radius 3 is 2.56 bits per heavy atom. The molecule has 0 aliphatic rings. The highest BCUT2D eigenvalue weighted by molar-refractivity contribution is 5.51. The Morgan fingerprint density at radius 1 is 1.28 bits per heavy atom. The highest BCUT2D eigenvalue weighted by Crippen LogP contribution is 2.18. The summed E-state index contributed by atoms with van der Waals surface area (Å²) in [5.41, 5.74) is 0.356. The molecule has 0 rings (SSSR count). The number of hydrogen-bond acceptors (Lipinski definition) is 2. The largest absolute Gasteiger partial charge is 0.366 e. The molecular formula is C16H28O2. The summed E-state index contributed by atoms with van der Waals surface area (Å²) in [4.78, 5) is 10.4. The molecule has 0 aliphatic carbocycles. The predicted octanol–water partition coefficient (Wildman–Crippen LogP) is 4.48. The number of allylic oxidation sites excluding steroid dienone is 1. The molecule has 0 N–H and O–H groups in total. The van der Waals surface area contributed by atoms with Crippen molar-refractivity contribution in [2.45, 2.75) is 71.8 Å². The van der Waals surface area contributed by atoms with Crippen molar-refractivity contribution in [2.75, 3.05) is 6.61 Å². The minimum absolute atomic E-state index is 0.261. The summed E-state index contributed by atoms with van der Waals surface area (Å²) in [6, 6.07) is 0. The van der Waals surface area contributed by atoms with Crippen LogP contribution in [0.2, 0.25) is 0 Å². The van der Waals surface area contributed by atoms with Gasteiger partial charge in [-0.2, -0.15) is 0 Å². The summed E-state index contributed by atoms with van der Waals surface area (Å²) in [6.45, 7) is 8.50. The van der Waals surface area contributed by atoms with Crippen LogP contribution in [0.5, 0.6) is 0 Å². The van der Waals surface area contributed by atoms with E-state index < -0.39 is 0 Å². The van der Waals surface area contributed by atoms with Gasteiger partial charge in [-0.15, -0.1) is 0 Å². The van der Waals surface area contributed by atoms with Crippen LogP contribution in [-0.2, 0) is 9.53 Å². The summed E-state index contributed by atoms with van der Waals surface area (Å²) < 4.78 is 5.77. The third kappa shape index (κ3) is 8.27. The van der Waals surface area contributed by atoms with Gasteiger partial charge in [0.15, 0.2) is 0 Å². The number of unbranched alkanes of at least 4 members (excludes halogenated alkanes) is 4. The zero-order chi connectivity index (χ0) is 13.9. The van der Waals surface area contributed by atoms with Crippen LogP contribution in [0, 0.1) is 0 Å². The van der Waals surface area contributed by atoms with E-state index in [0.717, 1.165) is 12.8 Å². The first-order chi connectivity index (χ1) is 8.58. The van der Waals surface area contributed by atoms with Crippen LogP contribution in [0.4, 0.5) is 0 Å². The van der Waals surface area contributed by atoms with Crippen molar-refractivity contribution in [1.82, 2.24) is 0 Å². The third-order valence-corrected chi connectivity index (χ3v) is 3.19. The zero-order valence-electron chi connectivity index (χ0n) is 12.4. The van der Waals surface area contributed by atoms with Gasteiger partial charge in [-0.25, -0.2) is 4.79 Å². The smallest absolute Gasteiger partial charge is 0.125 e. The summed E-state index contributed by atoms with van der Waals surface area (Å²) in [5.74, 6) is 1.87. The first-order valence-electron chi connectivity index (χ1n) is 7.10. The normalized spacial score (nSPS) is 14.4. The van der Waals surface area contributed by atoms with E-state index in [9.17, 15) is 4.79 Å². The number of rotatable bonds is 10. The van der Waals surface area contributed by atoms with Crippen LogP contribution >= 0.6 is 0 Å². The van der Waals surface area contributed by atoms with Crippen LogP contribution in [0.3, 0.4) is 0 Å². The molecule has 0 aromatic heterocycles. The van der Waals surface area contributed by atoms with E-state index in [4.69, 9.17) is 4.74 Å². The van der Waals surface area contributed by atoms with E-state index in [2.05, 4.69) is 32.9 Å². The molecule has 0 spiro atoms. The second-order valence-corrected chi connectivity index (χ2v) is 5.09. The molecule has 0 heterocycles. The van der Waals surface area contributed by atoms with E-state index in [1.807, 2.05) is 5.94 Å². The molecule has 1 atom stereocenters. The van der Waals surface area contributed by atoms with Gasteiger partial charge in [0.1, 0.15) is 5.94 Å². The first-order valence-corrected chi connectivity index (χ1v) is 7.10. The van der Waals surface area contributed by atoms with Crippen LogP contribution in [0.15, 0.2) is 17.7 Å². The van der Waals surface area contributed by atoms with Crippen LogP contribution in [0.1, 0.15) is 66.2 Å². The van der Waals surface area contributed by atoms with E-state index in [1.165, 1.54) is 25.7 Å². The molecule has 0 amide bonds. The van der Waals surface area contributed by atoms with Crippen molar-refractivity contribution < 1.29 is 9.53 Å². The van der Waals surface area contributed by atoms with Gasteiger partial charge >= 0.3 is 0 Å². The average molecular weight is 252 g/mol. The van der Waals surface area contributed by atoms with Crippen molar-refractivity contribution in [3.63, 3.8) is 0 Å². The van der Waals surface area contributed by atoms with Crippen LogP contribution < -0.4 is 0 Å². The molecule has 0 aromatic rings. The monoisotopic (exact) mass is 252 g/mol. The third-order valence-electron chi connectivity index (χ3n) is 3.19. The molecule has 2 nitrogen and oxygen atoms in total. The van der Waals surface area contributed by atoms with Crippen LogP contribution in [-0.4, -0.2) is 18.1 Å².